The standard InChI is InChI=1S/C18H26N4O2/c1-14(22-13-15-5-3-4-6-16(15)18(22)24)17(23)19-7-8-21-11-9-20(2)10-12-21/h3-6,14H,7-13H2,1-2H3,(H,19,23). The molecule has 0 saturated carbocycles. The van der Waals surface area contributed by atoms with Gasteiger partial charge in [-0.25, -0.2) is 0 Å². The van der Waals surface area contributed by atoms with Crippen molar-refractivity contribution >= 4 is 11.8 Å². The number of nitrogens with one attached hydrogen (secondary N) is 1. The summed E-state index contributed by atoms with van der Waals surface area (Å²) in [6.07, 6.45) is 0. The summed E-state index contributed by atoms with van der Waals surface area (Å²) in [5, 5.41) is 2.98. The van der Waals surface area contributed by atoms with Crippen LogP contribution < -0.4 is 5.32 Å². The monoisotopic (exact) mass is 330 g/mol. The average Bonchev–Trinajstić information content (AvgIpc) is 2.93. The van der Waals surface area contributed by atoms with E-state index in [0.717, 1.165) is 43.9 Å². The molecule has 2 aliphatic rings. The fraction of sp³-hybridized carbons (Fsp3) is 0.556. The van der Waals surface area contributed by atoms with Gasteiger partial charge in [-0.1, -0.05) is 18.2 Å². The van der Waals surface area contributed by atoms with Crippen LogP contribution in [0.25, 0.3) is 0 Å². The highest BCUT2D eigenvalue weighted by molar-refractivity contribution is 6.00. The van der Waals surface area contributed by atoms with Gasteiger partial charge in [0.15, 0.2) is 0 Å². The molecular formula is C18H26N4O2. The minimum Gasteiger partial charge on any atom is -0.353 e. The number of likely N-dealkylation sites (N-methyl/N-ethyl adjacent to an activating group) is 1. The van der Waals surface area contributed by atoms with Crippen molar-refractivity contribution in [1.82, 2.24) is 20.0 Å². The molecule has 2 amide bonds. The van der Waals surface area contributed by atoms with Crippen LogP contribution in [0.3, 0.4) is 0 Å². The normalized spacial score (nSPS) is 20.1. The van der Waals surface area contributed by atoms with E-state index in [9.17, 15) is 9.59 Å². The number of fused-ring (bicyclic) bond motifs is 1. The first-order valence-electron chi connectivity index (χ1n) is 8.64. The molecule has 2 aliphatic heterocycles. The van der Waals surface area contributed by atoms with Gasteiger partial charge in [0.1, 0.15) is 6.04 Å². The number of benzene rings is 1. The Morgan fingerprint density at radius 3 is 2.62 bits per heavy atom. The fourth-order valence-electron chi connectivity index (χ4n) is 3.29. The summed E-state index contributed by atoms with van der Waals surface area (Å²) in [6, 6.07) is 7.12. The van der Waals surface area contributed by atoms with Crippen LogP contribution in [-0.4, -0.2) is 78.9 Å². The maximum Gasteiger partial charge on any atom is 0.255 e. The van der Waals surface area contributed by atoms with Crippen molar-refractivity contribution in [3.05, 3.63) is 35.4 Å². The lowest BCUT2D eigenvalue weighted by Gasteiger charge is -2.32. The molecule has 1 aromatic carbocycles. The van der Waals surface area contributed by atoms with E-state index in [4.69, 9.17) is 0 Å². The van der Waals surface area contributed by atoms with Crippen LogP contribution in [0.5, 0.6) is 0 Å². The molecule has 2 heterocycles. The van der Waals surface area contributed by atoms with Gasteiger partial charge in [0, 0.05) is 51.4 Å². The maximum atomic E-state index is 12.4. The Labute approximate surface area is 143 Å². The van der Waals surface area contributed by atoms with Gasteiger partial charge < -0.3 is 15.1 Å². The van der Waals surface area contributed by atoms with Gasteiger partial charge in [0.25, 0.3) is 5.91 Å². The van der Waals surface area contributed by atoms with E-state index in [1.807, 2.05) is 24.3 Å². The molecule has 1 fully saturated rings. The lowest BCUT2D eigenvalue weighted by atomic mass is 10.1. The van der Waals surface area contributed by atoms with Gasteiger partial charge in [-0.2, -0.15) is 0 Å². The van der Waals surface area contributed by atoms with E-state index in [1.54, 1.807) is 11.8 Å². The third kappa shape index (κ3) is 3.60. The number of nitrogens with zero attached hydrogens (tertiary/aromatic N) is 3. The summed E-state index contributed by atoms with van der Waals surface area (Å²) >= 11 is 0. The van der Waals surface area contributed by atoms with Gasteiger partial charge >= 0.3 is 0 Å². The number of hydrogen-bond acceptors (Lipinski definition) is 4. The zero-order chi connectivity index (χ0) is 17.1. The van der Waals surface area contributed by atoms with E-state index in [1.165, 1.54) is 0 Å². The second kappa shape index (κ2) is 7.32. The van der Waals surface area contributed by atoms with Crippen molar-refractivity contribution in [2.24, 2.45) is 0 Å². The Kier molecular flexibility index (Phi) is 5.16. The highest BCUT2D eigenvalue weighted by Gasteiger charge is 2.33. The molecule has 1 atom stereocenters. The van der Waals surface area contributed by atoms with Gasteiger partial charge in [-0.3, -0.25) is 14.5 Å². The zero-order valence-corrected chi connectivity index (χ0v) is 14.5. The van der Waals surface area contributed by atoms with Crippen molar-refractivity contribution in [3.63, 3.8) is 0 Å². The molecular weight excluding hydrogens is 304 g/mol. The first-order chi connectivity index (χ1) is 11.6. The molecule has 1 saturated heterocycles. The molecule has 3 rings (SSSR count). The minimum atomic E-state index is -0.447. The van der Waals surface area contributed by atoms with E-state index in [0.29, 0.717) is 13.1 Å². The molecule has 0 bridgehead atoms. The van der Waals surface area contributed by atoms with Crippen LogP contribution in [-0.2, 0) is 11.3 Å². The average molecular weight is 330 g/mol. The Morgan fingerprint density at radius 2 is 1.92 bits per heavy atom. The number of carbonyl (C=O) groups is 2. The number of rotatable bonds is 5. The van der Waals surface area contributed by atoms with Crippen LogP contribution in [0.1, 0.15) is 22.8 Å². The van der Waals surface area contributed by atoms with Crippen LogP contribution in [0.15, 0.2) is 24.3 Å². The van der Waals surface area contributed by atoms with Gasteiger partial charge in [0.05, 0.1) is 0 Å². The molecule has 0 spiro atoms. The predicted molar refractivity (Wildman–Crippen MR) is 92.7 cm³/mol. The summed E-state index contributed by atoms with van der Waals surface area (Å²) in [4.78, 5) is 31.1. The number of piperazine rings is 1. The highest BCUT2D eigenvalue weighted by Crippen LogP contribution is 2.24. The largest absolute Gasteiger partial charge is 0.353 e. The molecule has 130 valence electrons. The van der Waals surface area contributed by atoms with Crippen LogP contribution in [0, 0.1) is 0 Å². The SMILES string of the molecule is CC(C(=O)NCCN1CCN(C)CC1)N1Cc2ccccc2C1=O. The Hall–Kier alpha value is -1.92. The zero-order valence-electron chi connectivity index (χ0n) is 14.5. The molecule has 24 heavy (non-hydrogen) atoms. The smallest absolute Gasteiger partial charge is 0.255 e. The van der Waals surface area contributed by atoms with Gasteiger partial charge in [-0.15, -0.1) is 0 Å². The summed E-state index contributed by atoms with van der Waals surface area (Å²) in [7, 11) is 2.13. The Balaban J connectivity index is 1.47. The number of carbonyl (C=O) groups excluding carboxylic acids is 2. The quantitative estimate of drug-likeness (QED) is 0.849. The van der Waals surface area contributed by atoms with Crippen molar-refractivity contribution in [3.8, 4) is 0 Å². The first kappa shape index (κ1) is 16.9. The van der Waals surface area contributed by atoms with Crippen molar-refractivity contribution in [2.75, 3.05) is 46.3 Å². The third-order valence-corrected chi connectivity index (χ3v) is 5.02. The number of amides is 2. The molecule has 1 aromatic rings. The molecule has 1 N–H and O–H groups in total. The molecule has 1 unspecified atom stereocenters. The van der Waals surface area contributed by atoms with Gasteiger partial charge in [-0.05, 0) is 25.6 Å². The summed E-state index contributed by atoms with van der Waals surface area (Å²) in [5.74, 6) is -0.127. The van der Waals surface area contributed by atoms with Crippen molar-refractivity contribution < 1.29 is 9.59 Å². The molecule has 6 heteroatoms. The Bertz CT molecular complexity index is 611. The predicted octanol–water partition coefficient (Wildman–Crippen LogP) is 0.395. The second-order valence-corrected chi connectivity index (χ2v) is 6.70. The molecule has 0 radical (unpaired) electrons. The van der Waals surface area contributed by atoms with Gasteiger partial charge in [0.2, 0.25) is 5.91 Å². The van der Waals surface area contributed by atoms with E-state index in [2.05, 4.69) is 22.2 Å². The van der Waals surface area contributed by atoms with Crippen LogP contribution in [0.4, 0.5) is 0 Å². The highest BCUT2D eigenvalue weighted by atomic mass is 16.2. The molecule has 6 nitrogen and oxygen atoms in total. The van der Waals surface area contributed by atoms with Crippen LogP contribution >= 0.6 is 0 Å². The minimum absolute atomic E-state index is 0.0488. The lowest BCUT2D eigenvalue weighted by Crippen LogP contribution is -2.49. The fourth-order valence-corrected chi connectivity index (χ4v) is 3.29. The molecule has 0 aromatic heterocycles. The van der Waals surface area contributed by atoms with E-state index in [-0.39, 0.29) is 11.8 Å². The third-order valence-electron chi connectivity index (χ3n) is 5.02. The van der Waals surface area contributed by atoms with E-state index >= 15 is 0 Å². The van der Waals surface area contributed by atoms with E-state index < -0.39 is 6.04 Å². The topological polar surface area (TPSA) is 55.9 Å². The first-order valence-corrected chi connectivity index (χ1v) is 8.64. The Morgan fingerprint density at radius 1 is 1.21 bits per heavy atom. The summed E-state index contributed by atoms with van der Waals surface area (Å²) in [6.45, 7) is 8.04. The van der Waals surface area contributed by atoms with Crippen LogP contribution in [0.2, 0.25) is 0 Å². The second-order valence-electron chi connectivity index (χ2n) is 6.70. The van der Waals surface area contributed by atoms with Crippen molar-refractivity contribution in [1.29, 1.82) is 0 Å². The molecule has 0 aliphatic carbocycles. The van der Waals surface area contributed by atoms with Crippen molar-refractivity contribution in [2.45, 2.75) is 19.5 Å². The number of hydrogen-bond donors (Lipinski definition) is 1. The lowest BCUT2D eigenvalue weighted by molar-refractivity contribution is -0.125. The summed E-state index contributed by atoms with van der Waals surface area (Å²) in [5.41, 5.74) is 1.72. The maximum absolute atomic E-state index is 12.4. The summed E-state index contributed by atoms with van der Waals surface area (Å²) < 4.78 is 0.